The van der Waals surface area contributed by atoms with Crippen molar-refractivity contribution in [2.24, 2.45) is 5.73 Å². The molecule has 2 rings (SSSR count). The highest BCUT2D eigenvalue weighted by molar-refractivity contribution is 7.99. The van der Waals surface area contributed by atoms with Crippen LogP contribution in [0.5, 0.6) is 5.75 Å². The van der Waals surface area contributed by atoms with Crippen LogP contribution in [0.1, 0.15) is 18.1 Å². The molecule has 0 aliphatic carbocycles. The summed E-state index contributed by atoms with van der Waals surface area (Å²) in [7, 11) is 1.69. The van der Waals surface area contributed by atoms with Gasteiger partial charge in [0.05, 0.1) is 7.11 Å². The van der Waals surface area contributed by atoms with E-state index in [-0.39, 0.29) is 6.04 Å². The van der Waals surface area contributed by atoms with Crippen LogP contribution in [0.2, 0.25) is 0 Å². The Morgan fingerprint density at radius 2 is 2.00 bits per heavy atom. The summed E-state index contributed by atoms with van der Waals surface area (Å²) in [6.45, 7) is 4.18. The number of hydrogen-bond donors (Lipinski definition) is 1. The molecule has 0 saturated heterocycles. The summed E-state index contributed by atoms with van der Waals surface area (Å²) in [5.74, 6) is 0.890. The minimum Gasteiger partial charge on any atom is -0.497 e. The normalized spacial score (nSPS) is 12.2. The lowest BCUT2D eigenvalue weighted by Gasteiger charge is -2.10. The molecule has 2 aromatic carbocycles. The fourth-order valence-corrected chi connectivity index (χ4v) is 3.05. The summed E-state index contributed by atoms with van der Waals surface area (Å²) in [6, 6.07) is 14.9. The molecular weight excluding hydrogens is 266 g/mol. The summed E-state index contributed by atoms with van der Waals surface area (Å²) in [4.78, 5) is 2.46. The van der Waals surface area contributed by atoms with Crippen LogP contribution >= 0.6 is 11.8 Å². The van der Waals surface area contributed by atoms with Crippen molar-refractivity contribution in [2.75, 3.05) is 7.11 Å². The number of rotatable bonds is 5. The molecule has 0 radical (unpaired) electrons. The molecule has 0 aromatic heterocycles. The van der Waals surface area contributed by atoms with Crippen molar-refractivity contribution < 1.29 is 4.74 Å². The van der Waals surface area contributed by atoms with Crippen molar-refractivity contribution in [3.05, 3.63) is 53.6 Å². The molecule has 2 aromatic rings. The number of ether oxygens (including phenoxy) is 1. The van der Waals surface area contributed by atoms with Gasteiger partial charge in [-0.15, -0.1) is 0 Å². The molecule has 0 aliphatic heterocycles. The van der Waals surface area contributed by atoms with Gasteiger partial charge in [0.2, 0.25) is 0 Å². The monoisotopic (exact) mass is 287 g/mol. The Morgan fingerprint density at radius 3 is 2.65 bits per heavy atom. The summed E-state index contributed by atoms with van der Waals surface area (Å²) >= 11 is 1.76. The van der Waals surface area contributed by atoms with Crippen LogP contribution in [-0.4, -0.2) is 13.2 Å². The molecule has 0 aliphatic rings. The van der Waals surface area contributed by atoms with Crippen LogP contribution < -0.4 is 10.5 Å². The molecule has 0 heterocycles. The van der Waals surface area contributed by atoms with Crippen LogP contribution in [0.25, 0.3) is 0 Å². The fraction of sp³-hybridized carbons (Fsp3) is 0.294. The Morgan fingerprint density at radius 1 is 1.20 bits per heavy atom. The summed E-state index contributed by atoms with van der Waals surface area (Å²) < 4.78 is 5.26. The zero-order chi connectivity index (χ0) is 14.5. The van der Waals surface area contributed by atoms with Crippen molar-refractivity contribution in [3.8, 4) is 5.75 Å². The second kappa shape index (κ2) is 6.82. The Bertz CT molecular complexity index is 581. The molecule has 0 saturated carbocycles. The minimum atomic E-state index is 0.200. The van der Waals surface area contributed by atoms with E-state index in [1.54, 1.807) is 18.9 Å². The van der Waals surface area contributed by atoms with E-state index in [0.717, 1.165) is 12.2 Å². The topological polar surface area (TPSA) is 35.2 Å². The fourth-order valence-electron chi connectivity index (χ4n) is 2.12. The van der Waals surface area contributed by atoms with E-state index in [4.69, 9.17) is 10.5 Å². The Balaban J connectivity index is 2.16. The van der Waals surface area contributed by atoms with E-state index >= 15 is 0 Å². The number of methoxy groups -OCH3 is 1. The average Bonchev–Trinajstić information content (AvgIpc) is 2.41. The van der Waals surface area contributed by atoms with E-state index in [2.05, 4.69) is 37.3 Å². The molecule has 106 valence electrons. The molecule has 20 heavy (non-hydrogen) atoms. The van der Waals surface area contributed by atoms with E-state index < -0.39 is 0 Å². The predicted octanol–water partition coefficient (Wildman–Crippen LogP) is 4.04. The van der Waals surface area contributed by atoms with E-state index in [0.29, 0.717) is 0 Å². The number of aryl methyl sites for hydroxylation is 1. The first-order valence-electron chi connectivity index (χ1n) is 6.75. The minimum absolute atomic E-state index is 0.200. The third-order valence-corrected chi connectivity index (χ3v) is 4.23. The lowest BCUT2D eigenvalue weighted by atomic mass is 10.1. The summed E-state index contributed by atoms with van der Waals surface area (Å²) in [5.41, 5.74) is 8.44. The average molecular weight is 287 g/mol. The molecular formula is C17H21NOS. The highest BCUT2D eigenvalue weighted by Gasteiger charge is 2.05. The predicted molar refractivity (Wildman–Crippen MR) is 85.6 cm³/mol. The Kier molecular flexibility index (Phi) is 5.10. The van der Waals surface area contributed by atoms with Gasteiger partial charge in [-0.1, -0.05) is 30.0 Å². The lowest BCUT2D eigenvalue weighted by molar-refractivity contribution is 0.413. The van der Waals surface area contributed by atoms with Gasteiger partial charge in [0.25, 0.3) is 0 Å². The molecule has 3 heteroatoms. The molecule has 2 N–H and O–H groups in total. The van der Waals surface area contributed by atoms with Crippen molar-refractivity contribution >= 4 is 11.8 Å². The number of hydrogen-bond acceptors (Lipinski definition) is 3. The van der Waals surface area contributed by atoms with Crippen LogP contribution in [0, 0.1) is 6.92 Å². The van der Waals surface area contributed by atoms with Crippen LogP contribution in [0.15, 0.2) is 52.3 Å². The largest absolute Gasteiger partial charge is 0.497 e. The summed E-state index contributed by atoms with van der Waals surface area (Å²) in [5, 5.41) is 0. The van der Waals surface area contributed by atoms with Gasteiger partial charge >= 0.3 is 0 Å². The SMILES string of the molecule is COc1cccc(Sc2ccc(CC(C)N)cc2C)c1. The highest BCUT2D eigenvalue weighted by atomic mass is 32.2. The zero-order valence-corrected chi connectivity index (χ0v) is 13.0. The van der Waals surface area contributed by atoms with E-state index in [1.165, 1.54) is 20.9 Å². The number of nitrogens with two attached hydrogens (primary N) is 1. The standard InChI is InChI=1S/C17H21NOS/c1-12-9-14(10-13(2)18)7-8-17(12)20-16-6-4-5-15(11-16)19-3/h4-9,11,13H,10,18H2,1-3H3. The molecule has 0 bridgehead atoms. The van der Waals surface area contributed by atoms with Gasteiger partial charge in [-0.2, -0.15) is 0 Å². The third kappa shape index (κ3) is 4.02. The van der Waals surface area contributed by atoms with Crippen LogP contribution in [0.4, 0.5) is 0 Å². The molecule has 0 amide bonds. The second-order valence-electron chi connectivity index (χ2n) is 5.06. The summed E-state index contributed by atoms with van der Waals surface area (Å²) in [6.07, 6.45) is 0.922. The van der Waals surface area contributed by atoms with Crippen molar-refractivity contribution in [1.82, 2.24) is 0 Å². The van der Waals surface area contributed by atoms with E-state index in [9.17, 15) is 0 Å². The molecule has 2 nitrogen and oxygen atoms in total. The second-order valence-corrected chi connectivity index (χ2v) is 6.18. The molecule has 0 fully saturated rings. The first-order chi connectivity index (χ1) is 9.58. The van der Waals surface area contributed by atoms with Gasteiger partial charge in [-0.3, -0.25) is 0 Å². The maximum absolute atomic E-state index is 5.85. The first-order valence-corrected chi connectivity index (χ1v) is 7.57. The Hall–Kier alpha value is -1.45. The maximum atomic E-state index is 5.85. The zero-order valence-electron chi connectivity index (χ0n) is 12.2. The lowest BCUT2D eigenvalue weighted by Crippen LogP contribution is -2.17. The molecule has 1 atom stereocenters. The molecule has 1 unspecified atom stereocenters. The smallest absolute Gasteiger partial charge is 0.119 e. The quantitative estimate of drug-likeness (QED) is 0.901. The van der Waals surface area contributed by atoms with Crippen molar-refractivity contribution in [3.63, 3.8) is 0 Å². The van der Waals surface area contributed by atoms with Gasteiger partial charge < -0.3 is 10.5 Å². The van der Waals surface area contributed by atoms with Crippen molar-refractivity contribution in [1.29, 1.82) is 0 Å². The van der Waals surface area contributed by atoms with Gasteiger partial charge in [0.15, 0.2) is 0 Å². The highest BCUT2D eigenvalue weighted by Crippen LogP contribution is 2.32. The van der Waals surface area contributed by atoms with Gasteiger partial charge in [0, 0.05) is 15.8 Å². The molecule has 0 spiro atoms. The van der Waals surface area contributed by atoms with Gasteiger partial charge in [-0.05, 0) is 55.7 Å². The first kappa shape index (κ1) is 14.9. The van der Waals surface area contributed by atoms with Crippen molar-refractivity contribution in [2.45, 2.75) is 36.1 Å². The van der Waals surface area contributed by atoms with Crippen LogP contribution in [-0.2, 0) is 6.42 Å². The van der Waals surface area contributed by atoms with Gasteiger partial charge in [-0.25, -0.2) is 0 Å². The number of benzene rings is 2. The maximum Gasteiger partial charge on any atom is 0.119 e. The van der Waals surface area contributed by atoms with Crippen LogP contribution in [0.3, 0.4) is 0 Å². The van der Waals surface area contributed by atoms with Gasteiger partial charge in [0.1, 0.15) is 5.75 Å². The Labute approximate surface area is 125 Å². The third-order valence-electron chi connectivity index (χ3n) is 3.07. The van der Waals surface area contributed by atoms with E-state index in [1.807, 2.05) is 19.1 Å².